The van der Waals surface area contributed by atoms with E-state index in [1.54, 1.807) is 44.2 Å². The minimum Gasteiger partial charge on any atom is -0.497 e. The highest BCUT2D eigenvalue weighted by molar-refractivity contribution is 7.99. The number of thioether (sulfide) groups is 1. The van der Waals surface area contributed by atoms with E-state index in [1.165, 1.54) is 4.31 Å². The molecule has 30 heavy (non-hydrogen) atoms. The zero-order valence-electron chi connectivity index (χ0n) is 16.9. The van der Waals surface area contributed by atoms with Gasteiger partial charge in [-0.2, -0.15) is 4.31 Å². The number of sulfonamides is 1. The maximum Gasteiger partial charge on any atom is 0.243 e. The van der Waals surface area contributed by atoms with E-state index in [-0.39, 0.29) is 16.7 Å². The van der Waals surface area contributed by atoms with Crippen molar-refractivity contribution in [1.29, 1.82) is 0 Å². The molecular formula is C21H24N2O5S2. The maximum absolute atomic E-state index is 13.3. The highest BCUT2D eigenvalue weighted by atomic mass is 32.2. The summed E-state index contributed by atoms with van der Waals surface area (Å²) in [5.41, 5.74) is 1.51. The van der Waals surface area contributed by atoms with E-state index in [9.17, 15) is 13.2 Å². The first-order chi connectivity index (χ1) is 14.4. The van der Waals surface area contributed by atoms with Crippen molar-refractivity contribution in [1.82, 2.24) is 4.31 Å². The number of ether oxygens (including phenoxy) is 2. The second-order valence-electron chi connectivity index (χ2n) is 7.26. The zero-order chi connectivity index (χ0) is 21.3. The number of carbonyl (C=O) groups is 1. The van der Waals surface area contributed by atoms with E-state index >= 15 is 0 Å². The Balaban J connectivity index is 1.59. The lowest BCUT2D eigenvalue weighted by Gasteiger charge is -2.19. The molecule has 0 aliphatic carbocycles. The average Bonchev–Trinajstić information content (AvgIpc) is 3.17. The number of amides is 1. The van der Waals surface area contributed by atoms with Gasteiger partial charge in [0.1, 0.15) is 11.5 Å². The van der Waals surface area contributed by atoms with Crippen LogP contribution >= 0.6 is 11.8 Å². The number of methoxy groups -OCH3 is 2. The molecule has 2 heterocycles. The van der Waals surface area contributed by atoms with Gasteiger partial charge in [0.15, 0.2) is 0 Å². The van der Waals surface area contributed by atoms with Gasteiger partial charge in [0.05, 0.1) is 24.8 Å². The molecule has 1 amide bonds. The summed E-state index contributed by atoms with van der Waals surface area (Å²) in [4.78, 5) is 13.0. The van der Waals surface area contributed by atoms with E-state index in [0.29, 0.717) is 43.1 Å². The molecule has 0 aromatic heterocycles. The molecule has 2 aliphatic heterocycles. The number of rotatable bonds is 5. The molecule has 2 aliphatic rings. The monoisotopic (exact) mass is 448 g/mol. The second-order valence-corrected chi connectivity index (χ2v) is 10.3. The highest BCUT2D eigenvalue weighted by Gasteiger charge is 2.35. The molecule has 160 valence electrons. The van der Waals surface area contributed by atoms with Crippen LogP contribution in [0.1, 0.15) is 24.3 Å². The van der Waals surface area contributed by atoms with E-state index in [4.69, 9.17) is 9.47 Å². The van der Waals surface area contributed by atoms with Gasteiger partial charge in [-0.1, -0.05) is 0 Å². The molecular weight excluding hydrogens is 424 g/mol. The lowest BCUT2D eigenvalue weighted by Crippen LogP contribution is -2.28. The number of nitrogens with zero attached hydrogens (tertiary/aromatic N) is 1. The van der Waals surface area contributed by atoms with Crippen molar-refractivity contribution >= 4 is 33.4 Å². The molecule has 0 bridgehead atoms. The van der Waals surface area contributed by atoms with E-state index in [0.717, 1.165) is 16.2 Å². The molecule has 0 radical (unpaired) electrons. The Morgan fingerprint density at radius 2 is 1.97 bits per heavy atom. The minimum atomic E-state index is -3.68. The van der Waals surface area contributed by atoms with Gasteiger partial charge in [-0.25, -0.2) is 8.42 Å². The van der Waals surface area contributed by atoms with Crippen LogP contribution < -0.4 is 14.8 Å². The summed E-state index contributed by atoms with van der Waals surface area (Å²) in [7, 11) is -0.466. The molecule has 0 spiro atoms. The SMILES string of the molecule is COc1ccc(OC)c([C@@H]2CCN(S(=O)(=O)c3ccc4c(c3)NC(=O)CCS4)C2)c1. The smallest absolute Gasteiger partial charge is 0.243 e. The zero-order valence-corrected chi connectivity index (χ0v) is 18.5. The standard InChI is InChI=1S/C21H24N2O5S2/c1-27-15-3-5-19(28-2)17(11-15)14-7-9-23(13-14)30(25,26)16-4-6-20-18(12-16)22-21(24)8-10-29-20/h3-6,11-12,14H,7-10,13H2,1-2H3,(H,22,24)/t14-/m1/s1. The summed E-state index contributed by atoms with van der Waals surface area (Å²) < 4.78 is 38.9. The van der Waals surface area contributed by atoms with Gasteiger partial charge in [0.25, 0.3) is 0 Å². The van der Waals surface area contributed by atoms with E-state index in [1.807, 2.05) is 18.2 Å². The van der Waals surface area contributed by atoms with Crippen LogP contribution in [0.5, 0.6) is 11.5 Å². The maximum atomic E-state index is 13.3. The predicted octanol–water partition coefficient (Wildman–Crippen LogP) is 3.32. The van der Waals surface area contributed by atoms with Crippen LogP contribution in [-0.4, -0.2) is 51.7 Å². The number of nitrogens with one attached hydrogen (secondary N) is 1. The first-order valence-corrected chi connectivity index (χ1v) is 12.1. The summed E-state index contributed by atoms with van der Waals surface area (Å²) in [5.74, 6) is 2.04. The number of hydrogen-bond donors (Lipinski definition) is 1. The Morgan fingerprint density at radius 3 is 2.73 bits per heavy atom. The summed E-state index contributed by atoms with van der Waals surface area (Å²) in [6.07, 6.45) is 1.11. The number of hydrogen-bond acceptors (Lipinski definition) is 6. The quantitative estimate of drug-likeness (QED) is 0.755. The summed E-state index contributed by atoms with van der Waals surface area (Å²) in [6.45, 7) is 0.787. The minimum absolute atomic E-state index is 0.0147. The first-order valence-electron chi connectivity index (χ1n) is 9.71. The average molecular weight is 449 g/mol. The van der Waals surface area contributed by atoms with Crippen molar-refractivity contribution in [3.05, 3.63) is 42.0 Å². The van der Waals surface area contributed by atoms with Crippen LogP contribution in [0.15, 0.2) is 46.2 Å². The fourth-order valence-corrected chi connectivity index (χ4v) is 6.33. The Labute approximate surface area is 180 Å². The van der Waals surface area contributed by atoms with Crippen LogP contribution in [0.3, 0.4) is 0 Å². The molecule has 2 aromatic carbocycles. The van der Waals surface area contributed by atoms with Crippen LogP contribution in [0.4, 0.5) is 5.69 Å². The summed E-state index contributed by atoms with van der Waals surface area (Å²) in [5, 5.41) is 2.81. The molecule has 1 fully saturated rings. The molecule has 0 unspecified atom stereocenters. The van der Waals surface area contributed by atoms with Gasteiger partial charge < -0.3 is 14.8 Å². The number of anilines is 1. The molecule has 1 saturated heterocycles. The fourth-order valence-electron chi connectivity index (χ4n) is 3.87. The summed E-state index contributed by atoms with van der Waals surface area (Å²) in [6, 6.07) is 10.6. The number of carbonyl (C=O) groups excluding carboxylic acids is 1. The van der Waals surface area contributed by atoms with Crippen molar-refractivity contribution in [3.8, 4) is 11.5 Å². The van der Waals surface area contributed by atoms with Gasteiger partial charge in [-0.05, 0) is 42.8 Å². The Bertz CT molecular complexity index is 1070. The first kappa shape index (κ1) is 21.0. The predicted molar refractivity (Wildman–Crippen MR) is 116 cm³/mol. The largest absolute Gasteiger partial charge is 0.497 e. The van der Waals surface area contributed by atoms with E-state index < -0.39 is 10.0 Å². The van der Waals surface area contributed by atoms with Crippen LogP contribution in [0.2, 0.25) is 0 Å². The van der Waals surface area contributed by atoms with Crippen molar-refractivity contribution < 1.29 is 22.7 Å². The van der Waals surface area contributed by atoms with Gasteiger partial charge in [0.2, 0.25) is 15.9 Å². The third-order valence-electron chi connectivity index (χ3n) is 5.48. The molecule has 2 aromatic rings. The van der Waals surface area contributed by atoms with E-state index in [2.05, 4.69) is 5.32 Å². The van der Waals surface area contributed by atoms with Gasteiger partial charge >= 0.3 is 0 Å². The third-order valence-corrected chi connectivity index (χ3v) is 8.41. The fraction of sp³-hybridized carbons (Fsp3) is 0.381. The summed E-state index contributed by atoms with van der Waals surface area (Å²) >= 11 is 1.55. The molecule has 9 heteroatoms. The molecule has 4 rings (SSSR count). The Hall–Kier alpha value is -2.23. The van der Waals surface area contributed by atoms with Crippen molar-refractivity contribution in [2.75, 3.05) is 38.4 Å². The molecule has 7 nitrogen and oxygen atoms in total. The van der Waals surface area contributed by atoms with Crippen molar-refractivity contribution in [2.45, 2.75) is 28.6 Å². The Morgan fingerprint density at radius 1 is 1.13 bits per heavy atom. The molecule has 0 saturated carbocycles. The number of fused-ring (bicyclic) bond motifs is 1. The van der Waals surface area contributed by atoms with Crippen molar-refractivity contribution in [2.24, 2.45) is 0 Å². The Kier molecular flexibility index (Phi) is 5.95. The molecule has 1 N–H and O–H groups in total. The number of benzene rings is 2. The van der Waals surface area contributed by atoms with Gasteiger partial charge in [0, 0.05) is 41.6 Å². The third kappa shape index (κ3) is 4.01. The van der Waals surface area contributed by atoms with Crippen LogP contribution in [-0.2, 0) is 14.8 Å². The normalized spacial score (nSPS) is 19.7. The van der Waals surface area contributed by atoms with Crippen LogP contribution in [0.25, 0.3) is 0 Å². The highest BCUT2D eigenvalue weighted by Crippen LogP contribution is 2.39. The van der Waals surface area contributed by atoms with Crippen LogP contribution in [0, 0.1) is 0 Å². The lowest BCUT2D eigenvalue weighted by molar-refractivity contribution is -0.115. The lowest BCUT2D eigenvalue weighted by atomic mass is 9.97. The van der Waals surface area contributed by atoms with Gasteiger partial charge in [-0.3, -0.25) is 4.79 Å². The second kappa shape index (κ2) is 8.49. The van der Waals surface area contributed by atoms with Gasteiger partial charge in [-0.15, -0.1) is 11.8 Å². The van der Waals surface area contributed by atoms with Crippen molar-refractivity contribution in [3.63, 3.8) is 0 Å². The molecule has 1 atom stereocenters. The topological polar surface area (TPSA) is 84.9 Å².